The summed E-state index contributed by atoms with van der Waals surface area (Å²) in [4.78, 5) is 16.3. The van der Waals surface area contributed by atoms with Gasteiger partial charge in [-0.05, 0) is 52.7 Å². The average Bonchev–Trinajstić information content (AvgIpc) is 2.78. The van der Waals surface area contributed by atoms with Crippen molar-refractivity contribution in [2.75, 3.05) is 0 Å². The highest BCUT2D eigenvalue weighted by Crippen LogP contribution is 2.21. The molecule has 0 spiro atoms. The predicted octanol–water partition coefficient (Wildman–Crippen LogP) is 4.58. The van der Waals surface area contributed by atoms with Crippen LogP contribution in [-0.4, -0.2) is 17.1 Å². The number of fused-ring (bicyclic) bond motifs is 1. The molecule has 29 heavy (non-hydrogen) atoms. The molecule has 4 rings (SSSR count). The molecule has 0 aliphatic carbocycles. The molecule has 0 bridgehead atoms. The molecule has 1 N–H and O–H groups in total. The zero-order chi connectivity index (χ0) is 19.9. The van der Waals surface area contributed by atoms with E-state index in [2.05, 4.69) is 27.6 Å². The van der Waals surface area contributed by atoms with E-state index in [1.165, 1.54) is 11.6 Å². The Hall–Kier alpha value is -3.99. The molecule has 4 aromatic rings. The molecule has 5 heteroatoms. The molecule has 3 aromatic carbocycles. The highest BCUT2D eigenvalue weighted by Gasteiger charge is 2.05. The highest BCUT2D eigenvalue weighted by atomic mass is 16.5. The van der Waals surface area contributed by atoms with Gasteiger partial charge in [0.1, 0.15) is 12.4 Å². The van der Waals surface area contributed by atoms with Gasteiger partial charge in [-0.1, -0.05) is 48.5 Å². The van der Waals surface area contributed by atoms with E-state index >= 15 is 0 Å². The number of amides is 1. The second kappa shape index (κ2) is 8.80. The van der Waals surface area contributed by atoms with Crippen molar-refractivity contribution in [3.05, 3.63) is 108 Å². The van der Waals surface area contributed by atoms with Crippen molar-refractivity contribution < 1.29 is 9.53 Å². The van der Waals surface area contributed by atoms with Crippen molar-refractivity contribution in [2.24, 2.45) is 5.10 Å². The first-order chi connectivity index (χ1) is 14.3. The average molecular weight is 381 g/mol. The lowest BCUT2D eigenvalue weighted by Gasteiger charge is -2.08. The monoisotopic (exact) mass is 381 g/mol. The maximum atomic E-state index is 12.2. The van der Waals surface area contributed by atoms with Gasteiger partial charge < -0.3 is 4.74 Å². The van der Waals surface area contributed by atoms with E-state index in [-0.39, 0.29) is 5.91 Å². The molecule has 0 atom stereocenters. The van der Waals surface area contributed by atoms with Crippen molar-refractivity contribution in [1.29, 1.82) is 0 Å². The van der Waals surface area contributed by atoms with Gasteiger partial charge in [-0.15, -0.1) is 0 Å². The number of nitrogens with zero attached hydrogens (tertiary/aromatic N) is 2. The molecular formula is C24H19N3O2. The third-order valence-electron chi connectivity index (χ3n) is 4.39. The summed E-state index contributed by atoms with van der Waals surface area (Å²) in [6.07, 6.45) is 3.17. The van der Waals surface area contributed by atoms with Crippen molar-refractivity contribution >= 4 is 22.9 Å². The minimum absolute atomic E-state index is 0.279. The van der Waals surface area contributed by atoms with Crippen LogP contribution >= 0.6 is 0 Å². The SMILES string of the molecule is O=C(NN=Cc1ccccn1)c1ccc(COc2ccc3ccccc3c2)cc1. The topological polar surface area (TPSA) is 63.6 Å². The van der Waals surface area contributed by atoms with E-state index in [4.69, 9.17) is 4.74 Å². The number of hydrogen-bond acceptors (Lipinski definition) is 4. The number of hydrogen-bond donors (Lipinski definition) is 1. The maximum absolute atomic E-state index is 12.2. The number of benzene rings is 3. The molecule has 0 saturated heterocycles. The Balaban J connectivity index is 1.33. The van der Waals surface area contributed by atoms with Gasteiger partial charge in [-0.2, -0.15) is 5.10 Å². The van der Waals surface area contributed by atoms with Gasteiger partial charge in [0.2, 0.25) is 0 Å². The molecule has 1 aromatic heterocycles. The standard InChI is InChI=1S/C24H19N3O2/c28-24(27-26-16-22-7-3-4-14-25-22)20-10-8-18(9-11-20)17-29-23-13-12-19-5-1-2-6-21(19)15-23/h1-16H,17H2,(H,27,28). The quantitative estimate of drug-likeness (QED) is 0.393. The van der Waals surface area contributed by atoms with Gasteiger partial charge in [0, 0.05) is 11.8 Å². The first kappa shape index (κ1) is 18.4. The summed E-state index contributed by atoms with van der Waals surface area (Å²) in [5, 5.41) is 6.25. The lowest BCUT2D eigenvalue weighted by atomic mass is 10.1. The summed E-state index contributed by atoms with van der Waals surface area (Å²) in [6, 6.07) is 26.9. The van der Waals surface area contributed by atoms with Gasteiger partial charge in [0.15, 0.2) is 0 Å². The smallest absolute Gasteiger partial charge is 0.271 e. The van der Waals surface area contributed by atoms with Crippen molar-refractivity contribution in [2.45, 2.75) is 6.61 Å². The fraction of sp³-hybridized carbons (Fsp3) is 0.0417. The first-order valence-electron chi connectivity index (χ1n) is 9.23. The number of nitrogens with one attached hydrogen (secondary N) is 1. The first-order valence-corrected chi connectivity index (χ1v) is 9.23. The number of hydrazone groups is 1. The molecule has 5 nitrogen and oxygen atoms in total. The number of carbonyl (C=O) groups is 1. The van der Waals surface area contributed by atoms with Crippen LogP contribution < -0.4 is 10.2 Å². The molecule has 0 saturated carbocycles. The summed E-state index contributed by atoms with van der Waals surface area (Å²) >= 11 is 0. The minimum atomic E-state index is -0.279. The lowest BCUT2D eigenvalue weighted by Crippen LogP contribution is -2.17. The molecule has 0 unspecified atom stereocenters. The zero-order valence-corrected chi connectivity index (χ0v) is 15.7. The van der Waals surface area contributed by atoms with Crippen LogP contribution in [0.1, 0.15) is 21.6 Å². The van der Waals surface area contributed by atoms with E-state index in [9.17, 15) is 4.79 Å². The fourth-order valence-corrected chi connectivity index (χ4v) is 2.85. The van der Waals surface area contributed by atoms with Gasteiger partial charge >= 0.3 is 0 Å². The molecule has 0 aliphatic rings. The minimum Gasteiger partial charge on any atom is -0.489 e. The van der Waals surface area contributed by atoms with Crippen LogP contribution in [-0.2, 0) is 6.61 Å². The van der Waals surface area contributed by atoms with Crippen LogP contribution in [0.15, 0.2) is 96.2 Å². The largest absolute Gasteiger partial charge is 0.489 e. The molecule has 1 amide bonds. The molecule has 1 heterocycles. The van der Waals surface area contributed by atoms with E-state index in [1.54, 1.807) is 24.4 Å². The van der Waals surface area contributed by atoms with Gasteiger partial charge in [-0.25, -0.2) is 5.43 Å². The van der Waals surface area contributed by atoms with Crippen LogP contribution in [0, 0.1) is 0 Å². The van der Waals surface area contributed by atoms with Gasteiger partial charge in [0.05, 0.1) is 11.9 Å². The number of aromatic nitrogens is 1. The molecule has 0 aliphatic heterocycles. The number of rotatable bonds is 6. The Kier molecular flexibility index (Phi) is 5.58. The Morgan fingerprint density at radius 3 is 2.52 bits per heavy atom. The Morgan fingerprint density at radius 1 is 0.931 bits per heavy atom. The van der Waals surface area contributed by atoms with Crippen molar-refractivity contribution in [3.8, 4) is 5.75 Å². The van der Waals surface area contributed by atoms with Crippen LogP contribution in [0.5, 0.6) is 5.75 Å². The maximum Gasteiger partial charge on any atom is 0.271 e. The van der Waals surface area contributed by atoms with Crippen LogP contribution in [0.3, 0.4) is 0 Å². The second-order valence-electron chi connectivity index (χ2n) is 6.45. The highest BCUT2D eigenvalue weighted by molar-refractivity contribution is 5.94. The third kappa shape index (κ3) is 4.84. The summed E-state index contributed by atoms with van der Waals surface area (Å²) in [7, 11) is 0. The second-order valence-corrected chi connectivity index (χ2v) is 6.45. The zero-order valence-electron chi connectivity index (χ0n) is 15.7. The molecule has 142 valence electrons. The van der Waals surface area contributed by atoms with Gasteiger partial charge in [-0.3, -0.25) is 9.78 Å². The third-order valence-corrected chi connectivity index (χ3v) is 4.39. The normalized spacial score (nSPS) is 10.9. The van der Waals surface area contributed by atoms with Crippen LogP contribution in [0.4, 0.5) is 0 Å². The van der Waals surface area contributed by atoms with E-state index in [0.717, 1.165) is 16.7 Å². The summed E-state index contributed by atoms with van der Waals surface area (Å²) in [5.41, 5.74) is 4.68. The lowest BCUT2D eigenvalue weighted by molar-refractivity contribution is 0.0955. The summed E-state index contributed by atoms with van der Waals surface area (Å²) in [5.74, 6) is 0.536. The number of pyridine rings is 1. The number of ether oxygens (including phenoxy) is 1. The van der Waals surface area contributed by atoms with Gasteiger partial charge in [0.25, 0.3) is 5.91 Å². The fourth-order valence-electron chi connectivity index (χ4n) is 2.85. The Labute approximate surface area is 168 Å². The summed E-state index contributed by atoms with van der Waals surface area (Å²) < 4.78 is 5.88. The molecule has 0 radical (unpaired) electrons. The molecular weight excluding hydrogens is 362 g/mol. The Morgan fingerprint density at radius 2 is 1.72 bits per heavy atom. The van der Waals surface area contributed by atoms with Crippen LogP contribution in [0.2, 0.25) is 0 Å². The van der Waals surface area contributed by atoms with E-state index in [0.29, 0.717) is 17.9 Å². The number of carbonyl (C=O) groups excluding carboxylic acids is 1. The summed E-state index contributed by atoms with van der Waals surface area (Å²) in [6.45, 7) is 0.429. The van der Waals surface area contributed by atoms with E-state index < -0.39 is 0 Å². The molecule has 0 fully saturated rings. The van der Waals surface area contributed by atoms with Crippen LogP contribution in [0.25, 0.3) is 10.8 Å². The predicted molar refractivity (Wildman–Crippen MR) is 114 cm³/mol. The Bertz CT molecular complexity index is 1140. The van der Waals surface area contributed by atoms with E-state index in [1.807, 2.05) is 54.6 Å². The van der Waals surface area contributed by atoms with Crippen molar-refractivity contribution in [1.82, 2.24) is 10.4 Å². The van der Waals surface area contributed by atoms with Crippen molar-refractivity contribution in [3.63, 3.8) is 0 Å².